The molecule has 0 saturated heterocycles. The van der Waals surface area contributed by atoms with Crippen LogP contribution in [0.15, 0.2) is 6.20 Å². The summed E-state index contributed by atoms with van der Waals surface area (Å²) in [7, 11) is 1.80. The summed E-state index contributed by atoms with van der Waals surface area (Å²) in [5.41, 5.74) is 1.35. The van der Waals surface area contributed by atoms with Crippen LogP contribution in [0.4, 0.5) is 5.69 Å². The van der Waals surface area contributed by atoms with Gasteiger partial charge in [0.05, 0.1) is 11.5 Å². The van der Waals surface area contributed by atoms with Crippen molar-refractivity contribution >= 4 is 5.69 Å². The molecular weight excluding hydrogens is 302 g/mol. The average molecular weight is 321 g/mol. The molecule has 0 atom stereocenters. The minimum absolute atomic E-state index is 0.00426. The lowest BCUT2D eigenvalue weighted by Crippen LogP contribution is -2.05. The van der Waals surface area contributed by atoms with Crippen LogP contribution in [0.25, 0.3) is 5.82 Å². The molecular formula is C14H19N5O4. The molecule has 0 radical (unpaired) electrons. The molecule has 9 nitrogen and oxygen atoms in total. The van der Waals surface area contributed by atoms with Crippen LogP contribution >= 0.6 is 0 Å². The lowest BCUT2D eigenvalue weighted by Gasteiger charge is -2.02. The van der Waals surface area contributed by atoms with Crippen LogP contribution in [0, 0.1) is 17.0 Å². The molecule has 1 fully saturated rings. The molecule has 9 heteroatoms. The van der Waals surface area contributed by atoms with E-state index in [0.29, 0.717) is 17.9 Å². The zero-order valence-corrected chi connectivity index (χ0v) is 13.1. The van der Waals surface area contributed by atoms with Crippen molar-refractivity contribution in [2.24, 2.45) is 7.05 Å². The Morgan fingerprint density at radius 2 is 2.22 bits per heavy atom. The van der Waals surface area contributed by atoms with Gasteiger partial charge in [-0.1, -0.05) is 0 Å². The van der Waals surface area contributed by atoms with E-state index in [2.05, 4.69) is 10.2 Å². The fourth-order valence-corrected chi connectivity index (χ4v) is 2.59. The first-order chi connectivity index (χ1) is 11.0. The minimum Gasteiger partial charge on any atom is -0.472 e. The molecule has 2 aromatic heterocycles. The van der Waals surface area contributed by atoms with Crippen molar-refractivity contribution in [3.8, 4) is 11.7 Å². The molecule has 0 aromatic carbocycles. The number of aliphatic hydroxyl groups excluding tert-OH is 1. The van der Waals surface area contributed by atoms with Crippen molar-refractivity contribution in [3.05, 3.63) is 27.6 Å². The number of hydrogen-bond donors (Lipinski definition) is 1. The molecule has 124 valence electrons. The maximum atomic E-state index is 11.5. The summed E-state index contributed by atoms with van der Waals surface area (Å²) in [5.74, 6) is 0.685. The minimum atomic E-state index is -0.441. The Morgan fingerprint density at radius 3 is 2.74 bits per heavy atom. The van der Waals surface area contributed by atoms with Crippen LogP contribution in [-0.4, -0.2) is 42.8 Å². The Balaban J connectivity index is 2.09. The van der Waals surface area contributed by atoms with Crippen molar-refractivity contribution < 1.29 is 14.8 Å². The van der Waals surface area contributed by atoms with E-state index in [9.17, 15) is 10.1 Å². The van der Waals surface area contributed by atoms with Gasteiger partial charge in [0.1, 0.15) is 5.69 Å². The average Bonchev–Trinajstić information content (AvgIpc) is 3.17. The third kappa shape index (κ3) is 2.91. The third-order valence-corrected chi connectivity index (χ3v) is 3.74. The summed E-state index contributed by atoms with van der Waals surface area (Å²) >= 11 is 0. The third-order valence-electron chi connectivity index (χ3n) is 3.74. The fourth-order valence-electron chi connectivity index (χ4n) is 2.59. The second kappa shape index (κ2) is 5.99. The summed E-state index contributed by atoms with van der Waals surface area (Å²) in [6.07, 6.45) is 4.03. The summed E-state index contributed by atoms with van der Waals surface area (Å²) < 4.78 is 8.63. The normalized spacial score (nSPS) is 14.2. The Bertz CT molecular complexity index is 732. The monoisotopic (exact) mass is 321 g/mol. The van der Waals surface area contributed by atoms with E-state index in [1.165, 1.54) is 0 Å². The van der Waals surface area contributed by atoms with E-state index < -0.39 is 4.92 Å². The van der Waals surface area contributed by atoms with E-state index in [1.807, 2.05) is 13.1 Å². The molecule has 2 aromatic rings. The Labute approximate surface area is 132 Å². The highest BCUT2D eigenvalue weighted by molar-refractivity contribution is 5.52. The number of nitro groups is 1. The quantitative estimate of drug-likeness (QED) is 0.470. The van der Waals surface area contributed by atoms with E-state index in [4.69, 9.17) is 9.84 Å². The fraction of sp³-hybridized carbons (Fsp3) is 0.571. The largest absolute Gasteiger partial charge is 0.472 e. The van der Waals surface area contributed by atoms with Gasteiger partial charge in [0.2, 0.25) is 0 Å². The molecule has 0 unspecified atom stereocenters. The number of aromatic nitrogens is 4. The van der Waals surface area contributed by atoms with Gasteiger partial charge in [0.15, 0.2) is 5.82 Å². The van der Waals surface area contributed by atoms with Crippen LogP contribution in [0.2, 0.25) is 0 Å². The predicted octanol–water partition coefficient (Wildman–Crippen LogP) is 1.46. The van der Waals surface area contributed by atoms with Gasteiger partial charge in [-0.15, -0.1) is 5.10 Å². The first-order valence-corrected chi connectivity index (χ1v) is 7.54. The zero-order chi connectivity index (χ0) is 16.6. The molecule has 1 saturated carbocycles. The number of nitrogens with zero attached hydrogens (tertiary/aromatic N) is 5. The Hall–Kier alpha value is -2.42. The number of hydrogen-bond acceptors (Lipinski definition) is 6. The van der Waals surface area contributed by atoms with Gasteiger partial charge in [-0.25, -0.2) is 4.68 Å². The second-order valence-electron chi connectivity index (χ2n) is 5.72. The van der Waals surface area contributed by atoms with Crippen molar-refractivity contribution in [2.75, 3.05) is 13.2 Å². The first-order valence-electron chi connectivity index (χ1n) is 7.54. The smallest absolute Gasteiger partial charge is 0.354 e. The van der Waals surface area contributed by atoms with Crippen molar-refractivity contribution in [1.82, 2.24) is 19.6 Å². The van der Waals surface area contributed by atoms with E-state index in [1.54, 1.807) is 16.4 Å². The highest BCUT2D eigenvalue weighted by Crippen LogP contribution is 2.48. The van der Waals surface area contributed by atoms with Crippen molar-refractivity contribution in [3.63, 3.8) is 0 Å². The zero-order valence-electron chi connectivity index (χ0n) is 13.1. The van der Waals surface area contributed by atoms with E-state index in [-0.39, 0.29) is 30.7 Å². The lowest BCUT2D eigenvalue weighted by atomic mass is 10.2. The summed E-state index contributed by atoms with van der Waals surface area (Å²) in [4.78, 5) is 11.1. The van der Waals surface area contributed by atoms with E-state index in [0.717, 1.165) is 18.4 Å². The SMILES string of the molecule is Cc1cn(C)nc1-n1nc(OCCCO)c([N+](=O)[O-])c1C1CC1. The Morgan fingerprint density at radius 1 is 1.48 bits per heavy atom. The highest BCUT2D eigenvalue weighted by atomic mass is 16.6. The Kier molecular flexibility index (Phi) is 4.03. The van der Waals surface area contributed by atoms with E-state index >= 15 is 0 Å². The second-order valence-corrected chi connectivity index (χ2v) is 5.72. The molecule has 2 heterocycles. The van der Waals surface area contributed by atoms with Crippen LogP contribution < -0.4 is 4.74 Å². The van der Waals surface area contributed by atoms with Gasteiger partial charge >= 0.3 is 11.6 Å². The lowest BCUT2D eigenvalue weighted by molar-refractivity contribution is -0.386. The molecule has 3 rings (SSSR count). The van der Waals surface area contributed by atoms with Gasteiger partial charge in [0, 0.05) is 37.8 Å². The summed E-state index contributed by atoms with van der Waals surface area (Å²) in [6.45, 7) is 2.03. The molecule has 1 N–H and O–H groups in total. The van der Waals surface area contributed by atoms with Crippen LogP contribution in [-0.2, 0) is 7.05 Å². The van der Waals surface area contributed by atoms with Crippen molar-refractivity contribution in [2.45, 2.75) is 32.1 Å². The number of rotatable bonds is 7. The van der Waals surface area contributed by atoms with Gasteiger partial charge in [-0.3, -0.25) is 14.8 Å². The number of aryl methyl sites for hydroxylation is 2. The molecule has 23 heavy (non-hydrogen) atoms. The summed E-state index contributed by atoms with van der Waals surface area (Å²) in [5, 5.41) is 29.0. The van der Waals surface area contributed by atoms with Crippen LogP contribution in [0.3, 0.4) is 0 Å². The highest BCUT2D eigenvalue weighted by Gasteiger charge is 2.40. The first kappa shape index (κ1) is 15.5. The standard InChI is InChI=1S/C14H19N5O4/c1-9-8-17(2)15-13(9)18-11(10-4-5-10)12(19(21)22)14(16-18)23-7-3-6-20/h8,10,20H,3-7H2,1-2H3. The molecule has 1 aliphatic rings. The topological polar surface area (TPSA) is 108 Å². The van der Waals surface area contributed by atoms with Gasteiger partial charge in [0.25, 0.3) is 0 Å². The predicted molar refractivity (Wildman–Crippen MR) is 80.9 cm³/mol. The summed E-state index contributed by atoms with van der Waals surface area (Å²) in [6, 6.07) is 0. The van der Waals surface area contributed by atoms with Gasteiger partial charge < -0.3 is 9.84 Å². The van der Waals surface area contributed by atoms with Crippen LogP contribution in [0.5, 0.6) is 5.88 Å². The van der Waals surface area contributed by atoms with Crippen molar-refractivity contribution in [1.29, 1.82) is 0 Å². The van der Waals surface area contributed by atoms with Gasteiger partial charge in [-0.05, 0) is 19.8 Å². The number of aliphatic hydroxyl groups is 1. The van der Waals surface area contributed by atoms with Crippen LogP contribution in [0.1, 0.15) is 36.4 Å². The molecule has 0 spiro atoms. The molecule has 0 aliphatic heterocycles. The molecule has 0 bridgehead atoms. The van der Waals surface area contributed by atoms with Gasteiger partial charge in [-0.2, -0.15) is 5.10 Å². The maximum absolute atomic E-state index is 11.5. The molecule has 0 amide bonds. The molecule has 1 aliphatic carbocycles. The maximum Gasteiger partial charge on any atom is 0.354 e. The number of ether oxygens (including phenoxy) is 1.